The number of benzene rings is 3. The van der Waals surface area contributed by atoms with E-state index in [1.807, 2.05) is 0 Å². The number of nitrogens with one attached hydrogen (secondary N) is 1. The first-order chi connectivity index (χ1) is 8.84. The zero-order valence-corrected chi connectivity index (χ0v) is 11.2. The Morgan fingerprint density at radius 1 is 0.667 bits per heavy atom. The number of para-hydroxylation sites is 1. The van der Waals surface area contributed by atoms with E-state index in [1.54, 1.807) is 0 Å². The first kappa shape index (κ1) is 10.2. The number of aromatic amines is 1. The number of rotatable bonds is 0. The molecule has 0 spiro atoms. The molecule has 0 radical (unpaired) electrons. The van der Waals surface area contributed by atoms with Gasteiger partial charge in [0, 0.05) is 26.3 Å². The van der Waals surface area contributed by atoms with E-state index in [0.29, 0.717) is 0 Å². The molecule has 0 saturated carbocycles. The molecule has 4 aromatic rings. The van der Waals surface area contributed by atoms with Gasteiger partial charge in [-0.05, 0) is 29.0 Å². The van der Waals surface area contributed by atoms with Crippen molar-refractivity contribution in [3.8, 4) is 0 Å². The average molecular weight is 296 g/mol. The third kappa shape index (κ3) is 1.27. The van der Waals surface area contributed by atoms with Crippen molar-refractivity contribution in [3.05, 3.63) is 59.1 Å². The molecule has 18 heavy (non-hydrogen) atoms. The van der Waals surface area contributed by atoms with E-state index < -0.39 is 0 Å². The minimum Gasteiger partial charge on any atom is -0.354 e. The molecule has 4 rings (SSSR count). The molecule has 1 N–H and O–H groups in total. The van der Waals surface area contributed by atoms with Crippen LogP contribution in [0.1, 0.15) is 0 Å². The van der Waals surface area contributed by atoms with Gasteiger partial charge in [0.05, 0.1) is 0 Å². The van der Waals surface area contributed by atoms with Crippen molar-refractivity contribution in [1.82, 2.24) is 4.98 Å². The highest BCUT2D eigenvalue weighted by molar-refractivity contribution is 9.10. The summed E-state index contributed by atoms with van der Waals surface area (Å²) in [7, 11) is 0. The molecule has 0 saturated heterocycles. The molecule has 0 aliphatic heterocycles. The Morgan fingerprint density at radius 3 is 2.44 bits per heavy atom. The van der Waals surface area contributed by atoms with Crippen LogP contribution in [0.4, 0.5) is 0 Å². The molecule has 0 atom stereocenters. The molecule has 0 amide bonds. The fourth-order valence-corrected chi connectivity index (χ4v) is 3.17. The smallest absolute Gasteiger partial charge is 0.0471 e. The van der Waals surface area contributed by atoms with Crippen LogP contribution in [0.3, 0.4) is 0 Å². The van der Waals surface area contributed by atoms with Crippen LogP contribution >= 0.6 is 15.9 Å². The lowest BCUT2D eigenvalue weighted by Crippen LogP contribution is -1.76. The summed E-state index contributed by atoms with van der Waals surface area (Å²) in [5, 5.41) is 5.15. The SMILES string of the molecule is Brc1cccc2c1ccc1[nH]c3ccccc3c12. The lowest BCUT2D eigenvalue weighted by Gasteiger charge is -2.02. The van der Waals surface area contributed by atoms with Gasteiger partial charge in [-0.1, -0.05) is 52.3 Å². The Kier molecular flexibility index (Phi) is 2.03. The summed E-state index contributed by atoms with van der Waals surface area (Å²) in [6, 6.07) is 19.1. The van der Waals surface area contributed by atoms with E-state index in [-0.39, 0.29) is 0 Å². The number of hydrogen-bond acceptors (Lipinski definition) is 0. The zero-order chi connectivity index (χ0) is 12.1. The number of halogens is 1. The van der Waals surface area contributed by atoms with Crippen molar-refractivity contribution in [1.29, 1.82) is 0 Å². The summed E-state index contributed by atoms with van der Waals surface area (Å²) in [6.45, 7) is 0. The molecule has 1 heterocycles. The number of aromatic nitrogens is 1. The predicted octanol–water partition coefficient (Wildman–Crippen LogP) is 5.24. The van der Waals surface area contributed by atoms with E-state index in [4.69, 9.17) is 0 Å². The van der Waals surface area contributed by atoms with Crippen molar-refractivity contribution in [2.75, 3.05) is 0 Å². The van der Waals surface area contributed by atoms with E-state index in [0.717, 1.165) is 4.47 Å². The molecule has 3 aromatic carbocycles. The van der Waals surface area contributed by atoms with E-state index in [1.165, 1.54) is 32.6 Å². The molecular formula is C16H10BrN. The van der Waals surface area contributed by atoms with Gasteiger partial charge in [0.1, 0.15) is 0 Å². The standard InChI is InChI=1S/C16H10BrN/c17-13-6-3-5-11-10(13)8-9-15-16(11)12-4-1-2-7-14(12)18-15/h1-9,18H. The second-order valence-electron chi connectivity index (χ2n) is 4.49. The Morgan fingerprint density at radius 2 is 1.50 bits per heavy atom. The van der Waals surface area contributed by atoms with Crippen LogP contribution in [0.2, 0.25) is 0 Å². The number of fused-ring (bicyclic) bond motifs is 5. The van der Waals surface area contributed by atoms with Gasteiger partial charge in [0.2, 0.25) is 0 Å². The molecule has 0 fully saturated rings. The van der Waals surface area contributed by atoms with Gasteiger partial charge in [-0.15, -0.1) is 0 Å². The first-order valence-electron chi connectivity index (χ1n) is 5.92. The molecule has 1 aromatic heterocycles. The summed E-state index contributed by atoms with van der Waals surface area (Å²) in [4.78, 5) is 3.47. The van der Waals surface area contributed by atoms with Crippen LogP contribution in [0, 0.1) is 0 Å². The van der Waals surface area contributed by atoms with Gasteiger partial charge in [-0.3, -0.25) is 0 Å². The van der Waals surface area contributed by atoms with Gasteiger partial charge < -0.3 is 4.98 Å². The topological polar surface area (TPSA) is 15.8 Å². The first-order valence-corrected chi connectivity index (χ1v) is 6.71. The summed E-state index contributed by atoms with van der Waals surface area (Å²) in [5.41, 5.74) is 2.39. The lowest BCUT2D eigenvalue weighted by molar-refractivity contribution is 1.55. The normalized spacial score (nSPS) is 11.6. The third-order valence-electron chi connectivity index (χ3n) is 3.47. The molecule has 0 aliphatic rings. The largest absolute Gasteiger partial charge is 0.354 e. The highest BCUT2D eigenvalue weighted by Gasteiger charge is 2.08. The van der Waals surface area contributed by atoms with Gasteiger partial charge >= 0.3 is 0 Å². The van der Waals surface area contributed by atoms with Crippen LogP contribution < -0.4 is 0 Å². The maximum atomic E-state index is 3.62. The van der Waals surface area contributed by atoms with E-state index >= 15 is 0 Å². The van der Waals surface area contributed by atoms with Crippen molar-refractivity contribution in [2.45, 2.75) is 0 Å². The van der Waals surface area contributed by atoms with Gasteiger partial charge in [0.25, 0.3) is 0 Å². The highest BCUT2D eigenvalue weighted by Crippen LogP contribution is 2.34. The molecular weight excluding hydrogens is 286 g/mol. The maximum absolute atomic E-state index is 3.62. The van der Waals surface area contributed by atoms with Crippen LogP contribution in [-0.2, 0) is 0 Å². The van der Waals surface area contributed by atoms with E-state index in [9.17, 15) is 0 Å². The Balaban J connectivity index is 2.37. The second-order valence-corrected chi connectivity index (χ2v) is 5.35. The van der Waals surface area contributed by atoms with Crippen LogP contribution in [0.5, 0.6) is 0 Å². The summed E-state index contributed by atoms with van der Waals surface area (Å²) < 4.78 is 1.15. The maximum Gasteiger partial charge on any atom is 0.0471 e. The highest BCUT2D eigenvalue weighted by atomic mass is 79.9. The van der Waals surface area contributed by atoms with Crippen LogP contribution in [0.25, 0.3) is 32.6 Å². The Bertz CT molecular complexity index is 889. The van der Waals surface area contributed by atoms with Crippen molar-refractivity contribution >= 4 is 48.5 Å². The van der Waals surface area contributed by atoms with E-state index in [2.05, 4.69) is 75.5 Å². The average Bonchev–Trinajstić information content (AvgIpc) is 2.77. The summed E-state index contributed by atoms with van der Waals surface area (Å²) in [5.74, 6) is 0. The Labute approximate surface area is 113 Å². The summed E-state index contributed by atoms with van der Waals surface area (Å²) in [6.07, 6.45) is 0. The molecule has 1 nitrogen and oxygen atoms in total. The number of H-pyrrole nitrogens is 1. The fraction of sp³-hybridized carbons (Fsp3) is 0. The second kappa shape index (κ2) is 3.59. The Hall–Kier alpha value is -1.80. The summed E-state index contributed by atoms with van der Waals surface area (Å²) >= 11 is 3.62. The van der Waals surface area contributed by atoms with Crippen LogP contribution in [-0.4, -0.2) is 4.98 Å². The molecule has 0 unspecified atom stereocenters. The minimum absolute atomic E-state index is 1.15. The van der Waals surface area contributed by atoms with Crippen LogP contribution in [0.15, 0.2) is 59.1 Å². The predicted molar refractivity (Wildman–Crippen MR) is 81.0 cm³/mol. The van der Waals surface area contributed by atoms with Crippen molar-refractivity contribution < 1.29 is 0 Å². The molecule has 0 aliphatic carbocycles. The van der Waals surface area contributed by atoms with Gasteiger partial charge in [-0.2, -0.15) is 0 Å². The lowest BCUT2D eigenvalue weighted by atomic mass is 10.0. The van der Waals surface area contributed by atoms with Crippen molar-refractivity contribution in [2.24, 2.45) is 0 Å². The fourth-order valence-electron chi connectivity index (χ4n) is 2.67. The minimum atomic E-state index is 1.15. The monoisotopic (exact) mass is 295 g/mol. The van der Waals surface area contributed by atoms with Gasteiger partial charge in [0.15, 0.2) is 0 Å². The molecule has 2 heteroatoms. The quantitative estimate of drug-likeness (QED) is 0.457. The molecule has 86 valence electrons. The third-order valence-corrected chi connectivity index (χ3v) is 4.17. The van der Waals surface area contributed by atoms with Crippen molar-refractivity contribution in [3.63, 3.8) is 0 Å². The molecule has 0 bridgehead atoms. The zero-order valence-electron chi connectivity index (χ0n) is 9.57. The number of hydrogen-bond donors (Lipinski definition) is 1. The van der Waals surface area contributed by atoms with Gasteiger partial charge in [-0.25, -0.2) is 0 Å².